The third kappa shape index (κ3) is 3.48. The van der Waals surface area contributed by atoms with Gasteiger partial charge in [0.15, 0.2) is 5.69 Å². The number of carbonyl (C=O) groups excluding carboxylic acids is 1. The van der Waals surface area contributed by atoms with Gasteiger partial charge in [-0.15, -0.1) is 11.3 Å². The molecule has 1 amide bonds. The minimum atomic E-state index is -1.10. The van der Waals surface area contributed by atoms with Crippen LogP contribution < -0.4 is 5.32 Å². The number of carbonyl (C=O) groups is 2. The predicted octanol–water partition coefficient (Wildman–Crippen LogP) is 2.57. The lowest BCUT2D eigenvalue weighted by molar-refractivity contribution is -0.125. The quantitative estimate of drug-likeness (QED) is 0.887. The molecule has 116 valence electrons. The fourth-order valence-electron chi connectivity index (χ4n) is 1.86. The third-order valence-electron chi connectivity index (χ3n) is 3.30. The largest absolute Gasteiger partial charge is 0.476 e. The van der Waals surface area contributed by atoms with E-state index in [0.717, 1.165) is 0 Å². The van der Waals surface area contributed by atoms with Crippen LogP contribution >= 0.6 is 11.3 Å². The van der Waals surface area contributed by atoms with E-state index in [9.17, 15) is 14.0 Å². The molecule has 0 atom stereocenters. The van der Waals surface area contributed by atoms with Crippen molar-refractivity contribution >= 4 is 23.2 Å². The van der Waals surface area contributed by atoms with Crippen LogP contribution in [0.4, 0.5) is 4.39 Å². The van der Waals surface area contributed by atoms with Crippen molar-refractivity contribution in [2.24, 2.45) is 0 Å². The lowest BCUT2D eigenvalue weighted by atomic mass is 9.84. The molecule has 5 nitrogen and oxygen atoms in total. The number of aromatic nitrogens is 1. The molecule has 0 radical (unpaired) electrons. The summed E-state index contributed by atoms with van der Waals surface area (Å²) in [6, 6.07) is 5.76. The SMILES string of the molecule is CC(C)(C(=O)NCc1nc(C(=O)O)cs1)c1ccc(F)cc1. The molecule has 0 fully saturated rings. The van der Waals surface area contributed by atoms with Gasteiger partial charge in [0, 0.05) is 5.38 Å². The number of benzene rings is 1. The number of aromatic carboxylic acids is 1. The molecule has 0 spiro atoms. The standard InChI is InChI=1S/C15H15FN2O3S/c1-15(2,9-3-5-10(16)6-4-9)14(21)17-7-12-18-11(8-22-12)13(19)20/h3-6,8H,7H2,1-2H3,(H,17,21)(H,19,20). The molecule has 2 N–H and O–H groups in total. The van der Waals surface area contributed by atoms with E-state index in [0.29, 0.717) is 10.6 Å². The molecule has 0 bridgehead atoms. The van der Waals surface area contributed by atoms with Gasteiger partial charge in [0.25, 0.3) is 0 Å². The fourth-order valence-corrected chi connectivity index (χ4v) is 2.57. The lowest BCUT2D eigenvalue weighted by Crippen LogP contribution is -2.39. The smallest absolute Gasteiger partial charge is 0.355 e. The van der Waals surface area contributed by atoms with E-state index in [2.05, 4.69) is 10.3 Å². The van der Waals surface area contributed by atoms with Crippen LogP contribution in [0.2, 0.25) is 0 Å². The minimum absolute atomic E-state index is 0.0351. The van der Waals surface area contributed by atoms with E-state index < -0.39 is 11.4 Å². The highest BCUT2D eigenvalue weighted by molar-refractivity contribution is 7.09. The Morgan fingerprint density at radius 2 is 1.95 bits per heavy atom. The van der Waals surface area contributed by atoms with Crippen LogP contribution in [0.5, 0.6) is 0 Å². The van der Waals surface area contributed by atoms with Gasteiger partial charge < -0.3 is 10.4 Å². The molecule has 7 heteroatoms. The van der Waals surface area contributed by atoms with E-state index in [4.69, 9.17) is 5.11 Å². The molecule has 22 heavy (non-hydrogen) atoms. The number of nitrogens with one attached hydrogen (secondary N) is 1. The third-order valence-corrected chi connectivity index (χ3v) is 4.15. The predicted molar refractivity (Wildman–Crippen MR) is 80.3 cm³/mol. The van der Waals surface area contributed by atoms with E-state index in [1.165, 1.54) is 28.8 Å². The van der Waals surface area contributed by atoms with Gasteiger partial charge in [-0.2, -0.15) is 0 Å². The van der Waals surface area contributed by atoms with Crippen LogP contribution in [0.1, 0.15) is 34.9 Å². The summed E-state index contributed by atoms with van der Waals surface area (Å²) in [6.07, 6.45) is 0. The number of hydrogen-bond acceptors (Lipinski definition) is 4. The van der Waals surface area contributed by atoms with Crippen molar-refractivity contribution in [2.75, 3.05) is 0 Å². The number of thiazole rings is 1. The number of hydrogen-bond donors (Lipinski definition) is 2. The first-order chi connectivity index (χ1) is 10.3. The number of amides is 1. The first kappa shape index (κ1) is 16.1. The molecule has 0 aliphatic rings. The lowest BCUT2D eigenvalue weighted by Gasteiger charge is -2.24. The van der Waals surface area contributed by atoms with Gasteiger partial charge in [-0.3, -0.25) is 4.79 Å². The van der Waals surface area contributed by atoms with Crippen LogP contribution in [0.3, 0.4) is 0 Å². The Balaban J connectivity index is 2.04. The Morgan fingerprint density at radius 3 is 2.50 bits per heavy atom. The number of rotatable bonds is 5. The Labute approximate surface area is 130 Å². The molecular weight excluding hydrogens is 307 g/mol. The first-order valence-corrected chi connectivity index (χ1v) is 7.40. The second-order valence-electron chi connectivity index (χ2n) is 5.25. The van der Waals surface area contributed by atoms with Gasteiger partial charge in [0.05, 0.1) is 12.0 Å². The molecule has 1 heterocycles. The molecule has 2 aromatic rings. The van der Waals surface area contributed by atoms with Crippen LogP contribution in [-0.2, 0) is 16.8 Å². The Morgan fingerprint density at radius 1 is 1.32 bits per heavy atom. The zero-order valence-electron chi connectivity index (χ0n) is 12.1. The molecular formula is C15H15FN2O3S. The molecule has 0 saturated carbocycles. The molecule has 0 aliphatic carbocycles. The molecule has 1 aromatic heterocycles. The highest BCUT2D eigenvalue weighted by Gasteiger charge is 2.29. The first-order valence-electron chi connectivity index (χ1n) is 6.53. The Bertz CT molecular complexity index is 695. The van der Waals surface area contributed by atoms with E-state index in [1.807, 2.05) is 0 Å². The summed E-state index contributed by atoms with van der Waals surface area (Å²) in [5.41, 5.74) is -0.176. The van der Waals surface area contributed by atoms with Crippen molar-refractivity contribution in [3.8, 4) is 0 Å². The van der Waals surface area contributed by atoms with Crippen LogP contribution in [0, 0.1) is 5.82 Å². The molecule has 1 aromatic carbocycles. The normalized spacial score (nSPS) is 11.2. The number of nitrogens with zero attached hydrogens (tertiary/aromatic N) is 1. The van der Waals surface area contributed by atoms with E-state index in [-0.39, 0.29) is 24.0 Å². The van der Waals surface area contributed by atoms with Crippen molar-refractivity contribution in [3.05, 3.63) is 51.7 Å². The summed E-state index contributed by atoms with van der Waals surface area (Å²) < 4.78 is 13.0. The molecule has 0 saturated heterocycles. The highest BCUT2D eigenvalue weighted by Crippen LogP contribution is 2.24. The summed E-state index contributed by atoms with van der Waals surface area (Å²) in [6.45, 7) is 3.63. The van der Waals surface area contributed by atoms with Crippen molar-refractivity contribution < 1.29 is 19.1 Å². The van der Waals surface area contributed by atoms with Gasteiger partial charge in [-0.1, -0.05) is 12.1 Å². The number of carboxylic acid groups (broad SMARTS) is 1. The monoisotopic (exact) mass is 322 g/mol. The van der Waals surface area contributed by atoms with Crippen molar-refractivity contribution in [1.29, 1.82) is 0 Å². The summed E-state index contributed by atoms with van der Waals surface area (Å²) >= 11 is 1.17. The second kappa shape index (κ2) is 6.23. The van der Waals surface area contributed by atoms with Crippen molar-refractivity contribution in [3.63, 3.8) is 0 Å². The summed E-state index contributed by atoms with van der Waals surface area (Å²) in [7, 11) is 0. The maximum absolute atomic E-state index is 13.0. The van der Waals surface area contributed by atoms with Crippen LogP contribution in [-0.4, -0.2) is 22.0 Å². The van der Waals surface area contributed by atoms with Crippen LogP contribution in [0.15, 0.2) is 29.6 Å². The summed E-state index contributed by atoms with van der Waals surface area (Å²) in [5.74, 6) is -1.70. The summed E-state index contributed by atoms with van der Waals surface area (Å²) in [5, 5.41) is 13.5. The van der Waals surface area contributed by atoms with Crippen molar-refractivity contribution in [2.45, 2.75) is 25.8 Å². The van der Waals surface area contributed by atoms with Crippen LogP contribution in [0.25, 0.3) is 0 Å². The van der Waals surface area contributed by atoms with Crippen molar-refractivity contribution in [1.82, 2.24) is 10.3 Å². The van der Waals surface area contributed by atoms with E-state index >= 15 is 0 Å². The maximum Gasteiger partial charge on any atom is 0.355 e. The number of carboxylic acids is 1. The Kier molecular flexibility index (Phi) is 4.56. The average Bonchev–Trinajstić information content (AvgIpc) is 2.94. The average molecular weight is 322 g/mol. The van der Waals surface area contributed by atoms with E-state index in [1.54, 1.807) is 26.0 Å². The minimum Gasteiger partial charge on any atom is -0.476 e. The van der Waals surface area contributed by atoms with Gasteiger partial charge in [-0.25, -0.2) is 14.2 Å². The maximum atomic E-state index is 13.0. The van der Waals surface area contributed by atoms with Gasteiger partial charge in [-0.05, 0) is 31.5 Å². The highest BCUT2D eigenvalue weighted by atomic mass is 32.1. The fraction of sp³-hybridized carbons (Fsp3) is 0.267. The van der Waals surface area contributed by atoms with Gasteiger partial charge >= 0.3 is 5.97 Å². The molecule has 0 unspecified atom stereocenters. The molecule has 0 aliphatic heterocycles. The number of halogens is 1. The zero-order valence-corrected chi connectivity index (χ0v) is 12.9. The topological polar surface area (TPSA) is 79.3 Å². The Hall–Kier alpha value is -2.28. The zero-order chi connectivity index (χ0) is 16.3. The summed E-state index contributed by atoms with van der Waals surface area (Å²) in [4.78, 5) is 27.0. The molecule has 2 rings (SSSR count). The van der Waals surface area contributed by atoms with Gasteiger partial charge in [0.1, 0.15) is 10.8 Å². The second-order valence-corrected chi connectivity index (χ2v) is 6.19. The van der Waals surface area contributed by atoms with Gasteiger partial charge in [0.2, 0.25) is 5.91 Å².